The van der Waals surface area contributed by atoms with Gasteiger partial charge in [0.15, 0.2) is 0 Å². The second-order valence-corrected chi connectivity index (χ2v) is 8.09. The maximum atomic E-state index is 5.11. The third kappa shape index (κ3) is 13.6. The van der Waals surface area contributed by atoms with Gasteiger partial charge in [-0.3, -0.25) is 0 Å². The number of rotatable bonds is 13. The summed E-state index contributed by atoms with van der Waals surface area (Å²) in [5.41, 5.74) is 7.16. The summed E-state index contributed by atoms with van der Waals surface area (Å²) in [5, 5.41) is 0. The molecule has 0 aliphatic carbocycles. The van der Waals surface area contributed by atoms with Gasteiger partial charge in [-0.1, -0.05) is 52.5 Å². The molecule has 0 amide bonds. The molecule has 1 heterocycles. The highest BCUT2D eigenvalue weighted by Crippen LogP contribution is 2.14. The summed E-state index contributed by atoms with van der Waals surface area (Å²) >= 11 is 0. The summed E-state index contributed by atoms with van der Waals surface area (Å²) in [6.07, 6.45) is 23.1. The molecule has 1 nitrogen and oxygen atoms in total. The van der Waals surface area contributed by atoms with Gasteiger partial charge < -0.3 is 4.42 Å². The van der Waals surface area contributed by atoms with Crippen molar-refractivity contribution in [2.45, 2.75) is 92.4 Å². The van der Waals surface area contributed by atoms with Gasteiger partial charge >= 0.3 is 0 Å². The van der Waals surface area contributed by atoms with Crippen molar-refractivity contribution in [1.82, 2.24) is 0 Å². The molecule has 0 unspecified atom stereocenters. The fourth-order valence-electron chi connectivity index (χ4n) is 3.17. The van der Waals surface area contributed by atoms with E-state index in [1.165, 1.54) is 34.3 Å². The maximum absolute atomic E-state index is 5.11. The molecular formula is C28H40O. The Bertz CT molecular complexity index is 742. The van der Waals surface area contributed by atoms with Crippen LogP contribution in [0.5, 0.6) is 0 Å². The van der Waals surface area contributed by atoms with E-state index in [1.54, 1.807) is 6.26 Å². The summed E-state index contributed by atoms with van der Waals surface area (Å²) in [4.78, 5) is 0. The lowest BCUT2D eigenvalue weighted by Gasteiger charge is -2.03. The van der Waals surface area contributed by atoms with Crippen LogP contribution in [0.15, 0.2) is 69.6 Å². The minimum Gasteiger partial charge on any atom is -0.472 e. The van der Waals surface area contributed by atoms with Crippen LogP contribution in [0.1, 0.15) is 91.5 Å². The van der Waals surface area contributed by atoms with Crippen molar-refractivity contribution in [3.63, 3.8) is 0 Å². The fraction of sp³-hybridized carbons (Fsp3) is 0.500. The third-order valence-corrected chi connectivity index (χ3v) is 5.14. The molecule has 1 aromatic rings. The van der Waals surface area contributed by atoms with Gasteiger partial charge in [-0.05, 0) is 97.6 Å². The van der Waals surface area contributed by atoms with Crippen LogP contribution in [0.3, 0.4) is 0 Å². The van der Waals surface area contributed by atoms with Crippen LogP contribution in [0.2, 0.25) is 0 Å². The Labute approximate surface area is 179 Å². The van der Waals surface area contributed by atoms with Crippen LogP contribution in [0.4, 0.5) is 0 Å². The largest absolute Gasteiger partial charge is 0.472 e. The molecule has 0 spiro atoms. The van der Waals surface area contributed by atoms with Crippen LogP contribution in [0.25, 0.3) is 0 Å². The summed E-state index contributed by atoms with van der Waals surface area (Å²) < 4.78 is 5.11. The normalized spacial score (nSPS) is 13.4. The van der Waals surface area contributed by atoms with Crippen molar-refractivity contribution in [2.75, 3.05) is 0 Å². The van der Waals surface area contributed by atoms with Crippen molar-refractivity contribution in [3.8, 4) is 11.8 Å². The molecule has 0 aliphatic rings. The van der Waals surface area contributed by atoms with Crippen molar-refractivity contribution in [2.24, 2.45) is 0 Å². The minimum absolute atomic E-state index is 0.905. The SMILES string of the molecule is CC#CC/C(C)=C/CC/C(C)=C/CC/C(C)=C/CC/C(C)=C/CCc1ccoc1. The number of hydrogen-bond donors (Lipinski definition) is 0. The zero-order valence-electron chi connectivity index (χ0n) is 19.3. The second kappa shape index (κ2) is 15.7. The molecule has 0 saturated heterocycles. The summed E-state index contributed by atoms with van der Waals surface area (Å²) in [5.74, 6) is 6.08. The van der Waals surface area contributed by atoms with Gasteiger partial charge in [0.2, 0.25) is 0 Å². The first kappa shape index (κ1) is 24.8. The van der Waals surface area contributed by atoms with Gasteiger partial charge in [0.05, 0.1) is 12.5 Å². The number of aryl methyl sites for hydroxylation is 1. The minimum atomic E-state index is 0.905. The van der Waals surface area contributed by atoms with Gasteiger partial charge in [-0.2, -0.15) is 0 Å². The van der Waals surface area contributed by atoms with Crippen molar-refractivity contribution in [3.05, 3.63) is 70.8 Å². The Morgan fingerprint density at radius 1 is 0.793 bits per heavy atom. The highest BCUT2D eigenvalue weighted by Gasteiger charge is 1.95. The Hall–Kier alpha value is -2.20. The van der Waals surface area contributed by atoms with Gasteiger partial charge in [-0.15, -0.1) is 5.92 Å². The Morgan fingerprint density at radius 3 is 1.79 bits per heavy atom. The molecule has 1 rings (SSSR count). The fourth-order valence-corrected chi connectivity index (χ4v) is 3.17. The van der Waals surface area contributed by atoms with Crippen LogP contribution in [-0.4, -0.2) is 0 Å². The topological polar surface area (TPSA) is 13.1 Å². The molecule has 0 aliphatic heterocycles. The number of allylic oxidation sites excluding steroid dienone is 8. The highest BCUT2D eigenvalue weighted by molar-refractivity contribution is 5.12. The predicted molar refractivity (Wildman–Crippen MR) is 128 cm³/mol. The van der Waals surface area contributed by atoms with Gasteiger partial charge in [-0.25, -0.2) is 0 Å². The molecule has 0 N–H and O–H groups in total. The van der Waals surface area contributed by atoms with E-state index in [4.69, 9.17) is 4.42 Å². The molecule has 0 bridgehead atoms. The highest BCUT2D eigenvalue weighted by atomic mass is 16.3. The molecule has 0 aromatic carbocycles. The molecule has 1 aromatic heterocycles. The first-order valence-electron chi connectivity index (χ1n) is 11.0. The van der Waals surface area contributed by atoms with E-state index >= 15 is 0 Å². The second-order valence-electron chi connectivity index (χ2n) is 8.09. The van der Waals surface area contributed by atoms with Crippen LogP contribution in [0, 0.1) is 11.8 Å². The van der Waals surface area contributed by atoms with Crippen LogP contribution >= 0.6 is 0 Å². The molecule has 0 saturated carbocycles. The van der Waals surface area contributed by atoms with E-state index in [9.17, 15) is 0 Å². The van der Waals surface area contributed by atoms with Crippen molar-refractivity contribution < 1.29 is 4.42 Å². The predicted octanol–water partition coefficient (Wildman–Crippen LogP) is 8.75. The van der Waals surface area contributed by atoms with Gasteiger partial charge in [0.25, 0.3) is 0 Å². The lowest BCUT2D eigenvalue weighted by Crippen LogP contribution is -1.83. The third-order valence-electron chi connectivity index (χ3n) is 5.14. The zero-order valence-corrected chi connectivity index (χ0v) is 19.3. The van der Waals surface area contributed by atoms with E-state index in [0.29, 0.717) is 0 Å². The molecule has 29 heavy (non-hydrogen) atoms. The van der Waals surface area contributed by atoms with Crippen LogP contribution < -0.4 is 0 Å². The Morgan fingerprint density at radius 2 is 1.31 bits per heavy atom. The lowest BCUT2D eigenvalue weighted by atomic mass is 10.0. The maximum Gasteiger partial charge on any atom is 0.0934 e. The number of furan rings is 1. The summed E-state index contributed by atoms with van der Waals surface area (Å²) in [6, 6.07) is 2.05. The van der Waals surface area contributed by atoms with E-state index in [1.807, 2.05) is 19.3 Å². The first-order valence-corrected chi connectivity index (χ1v) is 11.0. The molecule has 158 valence electrons. The average Bonchev–Trinajstić information content (AvgIpc) is 3.20. The molecular weight excluding hydrogens is 352 g/mol. The molecule has 0 atom stereocenters. The van der Waals surface area contributed by atoms with E-state index in [2.05, 4.69) is 63.8 Å². The summed E-state index contributed by atoms with van der Waals surface area (Å²) in [6.45, 7) is 10.8. The molecule has 1 heteroatoms. The quantitative estimate of drug-likeness (QED) is 0.241. The Kier molecular flexibility index (Phi) is 13.4. The van der Waals surface area contributed by atoms with E-state index in [-0.39, 0.29) is 0 Å². The summed E-state index contributed by atoms with van der Waals surface area (Å²) in [7, 11) is 0. The van der Waals surface area contributed by atoms with Crippen LogP contribution in [-0.2, 0) is 6.42 Å². The smallest absolute Gasteiger partial charge is 0.0934 e. The zero-order chi connectivity index (χ0) is 21.3. The Balaban J connectivity index is 2.20. The molecule has 0 radical (unpaired) electrons. The average molecular weight is 393 g/mol. The standard InChI is InChI=1S/C28H40O/c1-6-7-12-24(2)13-8-14-25(3)15-9-16-26(4)17-10-18-27(5)19-11-20-28-21-22-29-23-28/h13,15,17,19,21-23H,8-12,14,16,18,20H2,1-5H3/b24-13+,25-15+,26-17+,27-19+. The van der Waals surface area contributed by atoms with Gasteiger partial charge in [0.1, 0.15) is 0 Å². The van der Waals surface area contributed by atoms with E-state index in [0.717, 1.165) is 51.4 Å². The lowest BCUT2D eigenvalue weighted by molar-refractivity contribution is 0.564. The van der Waals surface area contributed by atoms with E-state index < -0.39 is 0 Å². The van der Waals surface area contributed by atoms with Gasteiger partial charge in [0, 0.05) is 6.42 Å². The number of hydrogen-bond acceptors (Lipinski definition) is 1. The monoisotopic (exact) mass is 392 g/mol. The van der Waals surface area contributed by atoms with Crippen molar-refractivity contribution in [1.29, 1.82) is 0 Å². The molecule has 0 fully saturated rings. The first-order chi connectivity index (χ1) is 14.0. The van der Waals surface area contributed by atoms with Crippen molar-refractivity contribution >= 4 is 0 Å².